The fraction of sp³-hybridized carbons (Fsp3) is 0.636. The number of nitrogens with one attached hydrogen (secondary N) is 2. The number of hydrogen-bond acceptors (Lipinski definition) is 6. The topological polar surface area (TPSA) is 136 Å². The van der Waals surface area contributed by atoms with Gasteiger partial charge in [0.15, 0.2) is 0 Å². The number of carboxylic acid groups (broad SMARTS) is 2. The maximum Gasteiger partial charge on any atom is 0.320 e. The molecule has 1 aromatic carbocycles. The molecule has 6 atom stereocenters. The monoisotopic (exact) mass is 499 g/mol. The minimum Gasteiger partial charge on any atom is -0.480 e. The van der Waals surface area contributed by atoms with Gasteiger partial charge in [0.2, 0.25) is 10.0 Å². The number of aliphatic carboxylic acids is 2. The Labute approximate surface area is 198 Å². The number of fused-ring (bicyclic) bond motifs is 1. The molecule has 0 unspecified atom stereocenters. The highest BCUT2D eigenvalue weighted by atomic mass is 35.5. The van der Waals surface area contributed by atoms with Gasteiger partial charge in [-0.15, -0.1) is 0 Å². The molecule has 4 N–H and O–H groups in total. The van der Waals surface area contributed by atoms with Crippen LogP contribution >= 0.6 is 11.6 Å². The van der Waals surface area contributed by atoms with Crippen LogP contribution in [-0.4, -0.2) is 73.2 Å². The molecule has 3 fully saturated rings. The molecule has 1 saturated carbocycles. The van der Waals surface area contributed by atoms with E-state index in [1.54, 1.807) is 0 Å². The van der Waals surface area contributed by atoms with Gasteiger partial charge < -0.3 is 15.5 Å². The Morgan fingerprint density at radius 1 is 1.06 bits per heavy atom. The second kappa shape index (κ2) is 9.87. The molecule has 11 heteroatoms. The number of hydrogen-bond donors (Lipinski definition) is 4. The third-order valence-electron chi connectivity index (χ3n) is 7.34. The molecule has 9 nitrogen and oxygen atoms in total. The van der Waals surface area contributed by atoms with Crippen molar-refractivity contribution in [3.63, 3.8) is 0 Å². The molecule has 2 saturated heterocycles. The van der Waals surface area contributed by atoms with E-state index in [9.17, 15) is 28.2 Å². The van der Waals surface area contributed by atoms with E-state index in [-0.39, 0.29) is 17.2 Å². The smallest absolute Gasteiger partial charge is 0.320 e. The second-order valence-electron chi connectivity index (χ2n) is 9.55. The number of rotatable bonds is 7. The Kier molecular flexibility index (Phi) is 7.30. The fourth-order valence-electron chi connectivity index (χ4n) is 5.70. The predicted octanol–water partition coefficient (Wildman–Crippen LogP) is 1.62. The van der Waals surface area contributed by atoms with E-state index in [4.69, 9.17) is 11.6 Å². The van der Waals surface area contributed by atoms with Crippen molar-refractivity contribution < 1.29 is 28.2 Å². The molecular weight excluding hydrogens is 470 g/mol. The molecule has 1 aliphatic carbocycles. The highest BCUT2D eigenvalue weighted by Gasteiger charge is 2.42. The minimum absolute atomic E-state index is 0.0921. The standard InChI is InChI=1S/C22H30ClN3O6S/c23-16-3-5-18(6-4-16)33(31,32)25-17-9-20(22(29)30)26(12-17)11-13-1-2-14-10-24-19(21(27)28)8-15(14)7-13/h3-6,13-15,17,19-20,24-25H,1-2,7-12H2,(H,27,28)(H,29,30)/t13-,14-,15+,17-,19-,20-/m0/s1. The predicted molar refractivity (Wildman–Crippen MR) is 122 cm³/mol. The summed E-state index contributed by atoms with van der Waals surface area (Å²) in [5.74, 6) is -0.727. The molecular formula is C22H30ClN3O6S. The van der Waals surface area contributed by atoms with E-state index >= 15 is 0 Å². The summed E-state index contributed by atoms with van der Waals surface area (Å²) in [4.78, 5) is 25.3. The molecule has 33 heavy (non-hydrogen) atoms. The molecule has 0 spiro atoms. The molecule has 4 rings (SSSR count). The summed E-state index contributed by atoms with van der Waals surface area (Å²) in [6.07, 6.45) is 3.63. The molecule has 0 aromatic heterocycles. The van der Waals surface area contributed by atoms with Crippen molar-refractivity contribution in [2.45, 2.75) is 55.1 Å². The summed E-state index contributed by atoms with van der Waals surface area (Å²) < 4.78 is 28.1. The Balaban J connectivity index is 1.39. The van der Waals surface area contributed by atoms with Crippen molar-refractivity contribution in [3.05, 3.63) is 29.3 Å². The van der Waals surface area contributed by atoms with Crippen LogP contribution in [0.3, 0.4) is 0 Å². The second-order valence-corrected chi connectivity index (χ2v) is 11.7. The van der Waals surface area contributed by atoms with Crippen molar-refractivity contribution in [3.8, 4) is 0 Å². The lowest BCUT2D eigenvalue weighted by Crippen LogP contribution is -2.50. The van der Waals surface area contributed by atoms with Gasteiger partial charge in [-0.25, -0.2) is 13.1 Å². The first kappa shape index (κ1) is 24.4. The minimum atomic E-state index is -3.79. The molecule has 3 aliphatic rings. The zero-order chi connectivity index (χ0) is 23.8. The van der Waals surface area contributed by atoms with Gasteiger partial charge >= 0.3 is 11.9 Å². The highest BCUT2D eigenvalue weighted by Crippen LogP contribution is 2.39. The zero-order valence-corrected chi connectivity index (χ0v) is 19.8. The number of nitrogens with zero attached hydrogens (tertiary/aromatic N) is 1. The molecule has 2 heterocycles. The van der Waals surface area contributed by atoms with E-state index in [1.165, 1.54) is 24.3 Å². The van der Waals surface area contributed by atoms with Gasteiger partial charge in [0.05, 0.1) is 4.90 Å². The van der Waals surface area contributed by atoms with Crippen LogP contribution in [0.15, 0.2) is 29.2 Å². The van der Waals surface area contributed by atoms with Crippen LogP contribution < -0.4 is 10.0 Å². The summed E-state index contributed by atoms with van der Waals surface area (Å²) in [7, 11) is -3.79. The molecule has 0 radical (unpaired) electrons. The number of benzene rings is 1. The Morgan fingerprint density at radius 2 is 1.79 bits per heavy atom. The lowest BCUT2D eigenvalue weighted by molar-refractivity contribution is -0.143. The Hall–Kier alpha value is -1.72. The number of carbonyl (C=O) groups is 2. The van der Waals surface area contributed by atoms with Gasteiger partial charge in [-0.3, -0.25) is 14.5 Å². The third kappa shape index (κ3) is 5.68. The maximum absolute atomic E-state index is 12.7. The summed E-state index contributed by atoms with van der Waals surface area (Å²) in [5.41, 5.74) is 0. The summed E-state index contributed by atoms with van der Waals surface area (Å²) in [6.45, 7) is 1.61. The quantitative estimate of drug-likeness (QED) is 0.444. The fourth-order valence-corrected chi connectivity index (χ4v) is 7.06. The summed E-state index contributed by atoms with van der Waals surface area (Å²) in [6, 6.07) is 4.09. The van der Waals surface area contributed by atoms with Gasteiger partial charge in [0.1, 0.15) is 12.1 Å². The van der Waals surface area contributed by atoms with Gasteiger partial charge in [0.25, 0.3) is 0 Å². The molecule has 182 valence electrons. The Morgan fingerprint density at radius 3 is 2.45 bits per heavy atom. The van der Waals surface area contributed by atoms with E-state index < -0.39 is 40.1 Å². The van der Waals surface area contributed by atoms with Gasteiger partial charge in [-0.1, -0.05) is 11.6 Å². The van der Waals surface area contributed by atoms with Crippen LogP contribution in [0.2, 0.25) is 5.02 Å². The molecule has 0 bridgehead atoms. The lowest BCUT2D eigenvalue weighted by Gasteiger charge is -2.42. The molecule has 1 aromatic rings. The molecule has 0 amide bonds. The number of piperidine rings is 1. The normalized spacial score (nSPS) is 32.9. The van der Waals surface area contributed by atoms with Crippen LogP contribution in [0.1, 0.15) is 32.1 Å². The number of halogens is 1. The first-order valence-electron chi connectivity index (χ1n) is 11.3. The maximum atomic E-state index is 12.7. The van der Waals surface area contributed by atoms with E-state index in [2.05, 4.69) is 10.0 Å². The highest BCUT2D eigenvalue weighted by molar-refractivity contribution is 7.89. The first-order valence-corrected chi connectivity index (χ1v) is 13.2. The first-order chi connectivity index (χ1) is 15.6. The van der Waals surface area contributed by atoms with Gasteiger partial charge in [0, 0.05) is 24.2 Å². The Bertz CT molecular complexity index is 988. The van der Waals surface area contributed by atoms with Crippen LogP contribution in [0.5, 0.6) is 0 Å². The average molecular weight is 500 g/mol. The lowest BCUT2D eigenvalue weighted by atomic mass is 9.69. The van der Waals surface area contributed by atoms with E-state index in [0.29, 0.717) is 42.9 Å². The van der Waals surface area contributed by atoms with Gasteiger partial charge in [-0.05, 0) is 80.7 Å². The van der Waals surface area contributed by atoms with Crippen molar-refractivity contribution in [1.82, 2.24) is 14.9 Å². The average Bonchev–Trinajstić information content (AvgIpc) is 3.15. The zero-order valence-electron chi connectivity index (χ0n) is 18.2. The van der Waals surface area contributed by atoms with Crippen LogP contribution in [0, 0.1) is 17.8 Å². The van der Waals surface area contributed by atoms with Crippen molar-refractivity contribution in [2.24, 2.45) is 17.8 Å². The molecule has 2 aliphatic heterocycles. The van der Waals surface area contributed by atoms with Crippen molar-refractivity contribution in [1.29, 1.82) is 0 Å². The summed E-state index contributed by atoms with van der Waals surface area (Å²) >= 11 is 5.84. The van der Waals surface area contributed by atoms with Crippen molar-refractivity contribution >= 4 is 33.6 Å². The van der Waals surface area contributed by atoms with Crippen LogP contribution in [-0.2, 0) is 19.6 Å². The number of likely N-dealkylation sites (tertiary alicyclic amines) is 1. The van der Waals surface area contributed by atoms with Gasteiger partial charge in [-0.2, -0.15) is 0 Å². The SMILES string of the molecule is O=C(O)[C@@H]1C[C@H]2C[C@@H](CN3C[C@@H](NS(=O)(=O)c4ccc(Cl)cc4)C[C@H]3C(=O)O)CC[C@H]2CN1. The van der Waals surface area contributed by atoms with E-state index in [1.807, 2.05) is 4.90 Å². The van der Waals surface area contributed by atoms with E-state index in [0.717, 1.165) is 19.3 Å². The van der Waals surface area contributed by atoms with Crippen LogP contribution in [0.4, 0.5) is 0 Å². The largest absolute Gasteiger partial charge is 0.480 e. The summed E-state index contributed by atoms with van der Waals surface area (Å²) in [5, 5.41) is 22.6. The number of sulfonamides is 1. The number of carboxylic acids is 2. The third-order valence-corrected chi connectivity index (χ3v) is 9.13. The van der Waals surface area contributed by atoms with Crippen molar-refractivity contribution in [2.75, 3.05) is 19.6 Å². The van der Waals surface area contributed by atoms with Crippen LogP contribution in [0.25, 0.3) is 0 Å².